The van der Waals surface area contributed by atoms with Gasteiger partial charge in [0.1, 0.15) is 0 Å². The van der Waals surface area contributed by atoms with Gasteiger partial charge in [-0.2, -0.15) is 0 Å². The molecule has 0 spiro atoms. The number of hydrogen-bond donors (Lipinski definition) is 1. The van der Waals surface area contributed by atoms with Gasteiger partial charge >= 0.3 is 0 Å². The average Bonchev–Trinajstić information content (AvgIpc) is 1.60. The van der Waals surface area contributed by atoms with Gasteiger partial charge in [0.25, 0.3) is 0 Å². The molecule has 1 saturated heterocycles. The van der Waals surface area contributed by atoms with Crippen LogP contribution in [0.1, 0.15) is 6.92 Å². The number of Topliss-reactive ketones (excluding diaryl/α,β-unsaturated/α-hetero) is 1. The van der Waals surface area contributed by atoms with Crippen LogP contribution in [0.25, 0.3) is 0 Å². The van der Waals surface area contributed by atoms with E-state index in [1.54, 1.807) is 0 Å². The number of ketones is 1. The Balaban J connectivity index is 2.53. The van der Waals surface area contributed by atoms with Gasteiger partial charge in [-0.15, -0.1) is 0 Å². The molecule has 1 heterocycles. The number of rotatable bonds is 1. The topological polar surface area (TPSA) is 46.5 Å². The maximum absolute atomic E-state index is 10.4. The standard InChI is InChI=1S/C5H8O3/c1-4(6)5(7)2-8-3-5/h7H,2-3H2,1H3. The lowest BCUT2D eigenvalue weighted by molar-refractivity contribution is -0.186. The summed E-state index contributed by atoms with van der Waals surface area (Å²) in [6.07, 6.45) is 0. The first-order chi connectivity index (χ1) is 3.65. The predicted octanol–water partition coefficient (Wildman–Crippen LogP) is -0.663. The Labute approximate surface area is 47.3 Å². The Bertz CT molecular complexity index is 115. The van der Waals surface area contributed by atoms with Crippen LogP contribution >= 0.6 is 0 Å². The Morgan fingerprint density at radius 3 is 2.25 bits per heavy atom. The zero-order valence-corrected chi connectivity index (χ0v) is 4.68. The van der Waals surface area contributed by atoms with E-state index in [-0.39, 0.29) is 19.0 Å². The van der Waals surface area contributed by atoms with E-state index < -0.39 is 5.60 Å². The quantitative estimate of drug-likeness (QED) is 0.494. The van der Waals surface area contributed by atoms with Crippen LogP contribution in [0.15, 0.2) is 0 Å². The molecular weight excluding hydrogens is 108 g/mol. The van der Waals surface area contributed by atoms with Crippen LogP contribution in [0.4, 0.5) is 0 Å². The summed E-state index contributed by atoms with van der Waals surface area (Å²) in [6.45, 7) is 1.70. The fourth-order valence-corrected chi connectivity index (χ4v) is 0.499. The molecular formula is C5H8O3. The summed E-state index contributed by atoms with van der Waals surface area (Å²) in [4.78, 5) is 10.4. The number of hydrogen-bond acceptors (Lipinski definition) is 3. The van der Waals surface area contributed by atoms with Gasteiger partial charge < -0.3 is 9.84 Å². The molecule has 0 radical (unpaired) electrons. The summed E-state index contributed by atoms with van der Waals surface area (Å²) in [5.41, 5.74) is -1.14. The van der Waals surface area contributed by atoms with Gasteiger partial charge in [0.15, 0.2) is 11.4 Å². The minimum atomic E-state index is -1.14. The number of carbonyl (C=O) groups excluding carboxylic acids is 1. The largest absolute Gasteiger partial charge is 0.377 e. The number of aliphatic hydroxyl groups is 1. The van der Waals surface area contributed by atoms with Crippen molar-refractivity contribution in [1.82, 2.24) is 0 Å². The molecule has 1 N–H and O–H groups in total. The van der Waals surface area contributed by atoms with E-state index >= 15 is 0 Å². The minimum absolute atomic E-state index is 0.169. The first-order valence-electron chi connectivity index (χ1n) is 2.46. The molecule has 8 heavy (non-hydrogen) atoms. The highest BCUT2D eigenvalue weighted by Crippen LogP contribution is 2.16. The Morgan fingerprint density at radius 2 is 2.25 bits per heavy atom. The summed E-state index contributed by atoms with van der Waals surface area (Å²) in [7, 11) is 0. The molecule has 0 aromatic heterocycles. The number of ether oxygens (including phenoxy) is 1. The minimum Gasteiger partial charge on any atom is -0.377 e. The summed E-state index contributed by atoms with van der Waals surface area (Å²) < 4.78 is 4.63. The molecule has 0 bridgehead atoms. The highest BCUT2D eigenvalue weighted by atomic mass is 16.5. The van der Waals surface area contributed by atoms with Crippen molar-refractivity contribution in [2.45, 2.75) is 12.5 Å². The van der Waals surface area contributed by atoms with Crippen molar-refractivity contribution >= 4 is 5.78 Å². The van der Waals surface area contributed by atoms with E-state index in [0.29, 0.717) is 0 Å². The van der Waals surface area contributed by atoms with E-state index in [9.17, 15) is 4.79 Å². The maximum atomic E-state index is 10.4. The van der Waals surface area contributed by atoms with Crippen LogP contribution in [-0.2, 0) is 9.53 Å². The second kappa shape index (κ2) is 1.53. The fraction of sp³-hybridized carbons (Fsp3) is 0.800. The van der Waals surface area contributed by atoms with Crippen LogP contribution in [0.2, 0.25) is 0 Å². The second-order valence-corrected chi connectivity index (χ2v) is 2.08. The molecule has 0 saturated carbocycles. The van der Waals surface area contributed by atoms with Crippen LogP contribution in [-0.4, -0.2) is 29.7 Å². The maximum Gasteiger partial charge on any atom is 0.169 e. The third kappa shape index (κ3) is 0.638. The second-order valence-electron chi connectivity index (χ2n) is 2.08. The van der Waals surface area contributed by atoms with Crippen LogP contribution in [0.3, 0.4) is 0 Å². The lowest BCUT2D eigenvalue weighted by atomic mass is 9.98. The molecule has 0 amide bonds. The fourth-order valence-electron chi connectivity index (χ4n) is 0.499. The van der Waals surface area contributed by atoms with Crippen LogP contribution in [0.5, 0.6) is 0 Å². The SMILES string of the molecule is CC(=O)C1(O)COC1. The first kappa shape index (κ1) is 5.72. The molecule has 1 fully saturated rings. The van der Waals surface area contributed by atoms with E-state index in [2.05, 4.69) is 4.74 Å². The summed E-state index contributed by atoms with van der Waals surface area (Å²) >= 11 is 0. The van der Waals surface area contributed by atoms with Crippen molar-refractivity contribution in [3.8, 4) is 0 Å². The third-order valence-electron chi connectivity index (χ3n) is 1.34. The third-order valence-corrected chi connectivity index (χ3v) is 1.34. The Kier molecular flexibility index (Phi) is 1.10. The molecule has 1 aliphatic rings. The van der Waals surface area contributed by atoms with Crippen molar-refractivity contribution in [2.24, 2.45) is 0 Å². The normalized spacial score (nSPS) is 24.2. The van der Waals surface area contributed by atoms with Crippen LogP contribution in [0, 0.1) is 0 Å². The van der Waals surface area contributed by atoms with Crippen molar-refractivity contribution < 1.29 is 14.6 Å². The van der Waals surface area contributed by atoms with E-state index in [4.69, 9.17) is 5.11 Å². The Morgan fingerprint density at radius 1 is 1.75 bits per heavy atom. The number of carbonyl (C=O) groups is 1. The molecule has 0 aliphatic carbocycles. The molecule has 1 aliphatic heterocycles. The highest BCUT2D eigenvalue weighted by Gasteiger charge is 2.40. The molecule has 0 aromatic rings. The molecule has 0 unspecified atom stereocenters. The molecule has 0 atom stereocenters. The van der Waals surface area contributed by atoms with Crippen molar-refractivity contribution in [3.05, 3.63) is 0 Å². The van der Waals surface area contributed by atoms with Gasteiger partial charge in [-0.1, -0.05) is 0 Å². The zero-order chi connectivity index (χ0) is 6.20. The molecule has 1 rings (SSSR count). The lowest BCUT2D eigenvalue weighted by Gasteiger charge is -2.33. The predicted molar refractivity (Wildman–Crippen MR) is 26.4 cm³/mol. The van der Waals surface area contributed by atoms with Gasteiger partial charge in [0.05, 0.1) is 13.2 Å². The molecule has 0 aromatic carbocycles. The van der Waals surface area contributed by atoms with Gasteiger partial charge in [-0.3, -0.25) is 4.79 Å². The van der Waals surface area contributed by atoms with Crippen molar-refractivity contribution in [2.75, 3.05) is 13.2 Å². The van der Waals surface area contributed by atoms with E-state index in [1.807, 2.05) is 0 Å². The molecule has 3 heteroatoms. The van der Waals surface area contributed by atoms with Gasteiger partial charge in [0, 0.05) is 0 Å². The molecule has 3 nitrogen and oxygen atoms in total. The zero-order valence-electron chi connectivity index (χ0n) is 4.68. The average molecular weight is 116 g/mol. The summed E-state index contributed by atoms with van der Waals surface area (Å²) in [5, 5.41) is 9.01. The van der Waals surface area contributed by atoms with Crippen molar-refractivity contribution in [1.29, 1.82) is 0 Å². The van der Waals surface area contributed by atoms with Crippen LogP contribution < -0.4 is 0 Å². The van der Waals surface area contributed by atoms with E-state index in [1.165, 1.54) is 6.92 Å². The summed E-state index contributed by atoms with van der Waals surface area (Å²) in [6, 6.07) is 0. The highest BCUT2D eigenvalue weighted by molar-refractivity contribution is 5.85. The van der Waals surface area contributed by atoms with E-state index in [0.717, 1.165) is 0 Å². The Hall–Kier alpha value is -0.410. The van der Waals surface area contributed by atoms with Gasteiger partial charge in [0.2, 0.25) is 0 Å². The van der Waals surface area contributed by atoms with Crippen molar-refractivity contribution in [3.63, 3.8) is 0 Å². The van der Waals surface area contributed by atoms with Gasteiger partial charge in [-0.05, 0) is 6.92 Å². The molecule has 46 valence electrons. The summed E-state index contributed by atoms with van der Waals surface area (Å²) in [5.74, 6) is -0.205. The first-order valence-corrected chi connectivity index (χ1v) is 2.46. The lowest BCUT2D eigenvalue weighted by Crippen LogP contribution is -2.54. The monoisotopic (exact) mass is 116 g/mol. The smallest absolute Gasteiger partial charge is 0.169 e. The van der Waals surface area contributed by atoms with Gasteiger partial charge in [-0.25, -0.2) is 0 Å².